The molecular formula is C16H17N3O. The molecule has 0 bridgehead atoms. The van der Waals surface area contributed by atoms with Gasteiger partial charge >= 0.3 is 0 Å². The van der Waals surface area contributed by atoms with Crippen LogP contribution >= 0.6 is 0 Å². The first-order chi connectivity index (χ1) is 9.78. The van der Waals surface area contributed by atoms with E-state index in [1.54, 1.807) is 0 Å². The molecule has 0 aliphatic rings. The Morgan fingerprint density at radius 3 is 2.70 bits per heavy atom. The van der Waals surface area contributed by atoms with E-state index in [1.165, 1.54) is 5.56 Å². The van der Waals surface area contributed by atoms with E-state index in [-0.39, 0.29) is 0 Å². The number of ether oxygens (including phenoxy) is 1. The number of nitrogens with two attached hydrogens (primary N) is 1. The Kier molecular flexibility index (Phi) is 3.29. The van der Waals surface area contributed by atoms with Crippen LogP contribution in [0.5, 0.6) is 5.88 Å². The van der Waals surface area contributed by atoms with Crippen molar-refractivity contribution in [2.24, 2.45) is 0 Å². The smallest absolute Gasteiger partial charge is 0.240 e. The molecule has 2 N–H and O–H groups in total. The number of hydrogen-bond donors (Lipinski definition) is 1. The van der Waals surface area contributed by atoms with Crippen LogP contribution in [-0.2, 0) is 6.54 Å². The number of rotatable bonds is 4. The van der Waals surface area contributed by atoms with Crippen molar-refractivity contribution >= 4 is 16.6 Å². The molecule has 0 aliphatic heterocycles. The van der Waals surface area contributed by atoms with Crippen LogP contribution in [0.1, 0.15) is 12.5 Å². The van der Waals surface area contributed by atoms with Crippen molar-refractivity contribution < 1.29 is 4.74 Å². The van der Waals surface area contributed by atoms with Crippen molar-refractivity contribution in [2.75, 3.05) is 12.3 Å². The lowest BCUT2D eigenvalue weighted by Gasteiger charge is -2.03. The maximum atomic E-state index is 5.86. The molecule has 0 aliphatic carbocycles. The second-order valence-corrected chi connectivity index (χ2v) is 4.66. The lowest BCUT2D eigenvalue weighted by atomic mass is 10.2. The Morgan fingerprint density at radius 1 is 1.15 bits per heavy atom. The summed E-state index contributed by atoms with van der Waals surface area (Å²) in [7, 11) is 0. The first kappa shape index (κ1) is 12.5. The minimum Gasteiger partial charge on any atom is -0.476 e. The summed E-state index contributed by atoms with van der Waals surface area (Å²) in [5.74, 6) is 0.644. The van der Waals surface area contributed by atoms with Gasteiger partial charge in [0.2, 0.25) is 5.88 Å². The van der Waals surface area contributed by atoms with E-state index in [2.05, 4.69) is 17.2 Å². The Bertz CT molecular complexity index is 719. The third kappa shape index (κ3) is 2.32. The SMILES string of the molecule is CCOc1nn(Cc2ccccc2)c2ccc(N)cc12. The molecule has 0 saturated heterocycles. The van der Waals surface area contributed by atoms with Crippen molar-refractivity contribution in [2.45, 2.75) is 13.5 Å². The summed E-state index contributed by atoms with van der Waals surface area (Å²) in [6.45, 7) is 3.26. The molecule has 2 aromatic carbocycles. The molecule has 0 atom stereocenters. The predicted molar refractivity (Wildman–Crippen MR) is 80.9 cm³/mol. The van der Waals surface area contributed by atoms with Gasteiger partial charge in [-0.25, -0.2) is 0 Å². The van der Waals surface area contributed by atoms with Gasteiger partial charge in [0.15, 0.2) is 0 Å². The molecule has 0 amide bonds. The lowest BCUT2D eigenvalue weighted by molar-refractivity contribution is 0.325. The summed E-state index contributed by atoms with van der Waals surface area (Å²) in [6.07, 6.45) is 0. The van der Waals surface area contributed by atoms with Crippen LogP contribution in [0.15, 0.2) is 48.5 Å². The van der Waals surface area contributed by atoms with Crippen LogP contribution < -0.4 is 10.5 Å². The third-order valence-electron chi connectivity index (χ3n) is 3.20. The molecule has 0 radical (unpaired) electrons. The largest absolute Gasteiger partial charge is 0.476 e. The average molecular weight is 267 g/mol. The zero-order valence-electron chi connectivity index (χ0n) is 11.4. The number of nitrogen functional groups attached to an aromatic ring is 1. The van der Waals surface area contributed by atoms with Crippen LogP contribution in [-0.4, -0.2) is 16.4 Å². The molecule has 0 spiro atoms. The molecule has 0 fully saturated rings. The van der Waals surface area contributed by atoms with Gasteiger partial charge in [0.1, 0.15) is 0 Å². The standard InChI is InChI=1S/C16H17N3O/c1-2-20-16-14-10-13(17)8-9-15(14)19(18-16)11-12-6-4-3-5-7-12/h3-10H,2,11,17H2,1H3. The van der Waals surface area contributed by atoms with Crippen molar-refractivity contribution in [3.8, 4) is 5.88 Å². The number of nitrogens with zero attached hydrogens (tertiary/aromatic N) is 2. The Morgan fingerprint density at radius 2 is 1.95 bits per heavy atom. The zero-order valence-corrected chi connectivity index (χ0v) is 11.4. The van der Waals surface area contributed by atoms with Crippen LogP contribution in [0.3, 0.4) is 0 Å². The monoisotopic (exact) mass is 267 g/mol. The molecule has 20 heavy (non-hydrogen) atoms. The lowest BCUT2D eigenvalue weighted by Crippen LogP contribution is -2.02. The highest BCUT2D eigenvalue weighted by molar-refractivity contribution is 5.87. The summed E-state index contributed by atoms with van der Waals surface area (Å²) in [6, 6.07) is 16.0. The van der Waals surface area contributed by atoms with Gasteiger partial charge in [-0.05, 0) is 30.7 Å². The number of fused-ring (bicyclic) bond motifs is 1. The van der Waals surface area contributed by atoms with Gasteiger partial charge in [0.25, 0.3) is 0 Å². The highest BCUT2D eigenvalue weighted by Gasteiger charge is 2.11. The molecule has 4 nitrogen and oxygen atoms in total. The van der Waals surface area contributed by atoms with E-state index in [0.29, 0.717) is 19.0 Å². The fourth-order valence-electron chi connectivity index (χ4n) is 2.29. The molecule has 3 aromatic rings. The highest BCUT2D eigenvalue weighted by atomic mass is 16.5. The van der Waals surface area contributed by atoms with Crippen LogP contribution in [0, 0.1) is 0 Å². The van der Waals surface area contributed by atoms with Gasteiger partial charge in [-0.3, -0.25) is 4.68 Å². The number of benzene rings is 2. The first-order valence-electron chi connectivity index (χ1n) is 6.70. The van der Waals surface area contributed by atoms with Crippen molar-refractivity contribution in [1.29, 1.82) is 0 Å². The van der Waals surface area contributed by atoms with E-state index in [9.17, 15) is 0 Å². The molecular weight excluding hydrogens is 250 g/mol. The van der Waals surface area contributed by atoms with E-state index >= 15 is 0 Å². The molecule has 1 heterocycles. The minimum absolute atomic E-state index is 0.590. The van der Waals surface area contributed by atoms with Gasteiger partial charge in [0.05, 0.1) is 24.1 Å². The molecule has 102 valence electrons. The molecule has 4 heteroatoms. The first-order valence-corrected chi connectivity index (χ1v) is 6.70. The maximum absolute atomic E-state index is 5.86. The van der Waals surface area contributed by atoms with Gasteiger partial charge in [0, 0.05) is 5.69 Å². The number of hydrogen-bond acceptors (Lipinski definition) is 3. The summed E-state index contributed by atoms with van der Waals surface area (Å²) in [5.41, 5.74) is 8.82. The summed E-state index contributed by atoms with van der Waals surface area (Å²) in [5, 5.41) is 5.52. The Balaban J connectivity index is 2.06. The Hall–Kier alpha value is -2.49. The fourth-order valence-corrected chi connectivity index (χ4v) is 2.29. The number of anilines is 1. The van der Waals surface area contributed by atoms with E-state index in [1.807, 2.05) is 48.0 Å². The van der Waals surface area contributed by atoms with Crippen LogP contribution in [0.2, 0.25) is 0 Å². The summed E-state index contributed by atoms with van der Waals surface area (Å²) < 4.78 is 7.56. The Labute approximate surface area is 117 Å². The highest BCUT2D eigenvalue weighted by Crippen LogP contribution is 2.27. The van der Waals surface area contributed by atoms with Crippen molar-refractivity contribution in [3.63, 3.8) is 0 Å². The van der Waals surface area contributed by atoms with E-state index in [4.69, 9.17) is 10.5 Å². The normalized spacial score (nSPS) is 10.8. The third-order valence-corrected chi connectivity index (χ3v) is 3.20. The van der Waals surface area contributed by atoms with Crippen molar-refractivity contribution in [1.82, 2.24) is 9.78 Å². The maximum Gasteiger partial charge on any atom is 0.240 e. The molecule has 1 aromatic heterocycles. The molecule has 0 saturated carbocycles. The minimum atomic E-state index is 0.590. The second-order valence-electron chi connectivity index (χ2n) is 4.66. The fraction of sp³-hybridized carbons (Fsp3) is 0.188. The average Bonchev–Trinajstić information content (AvgIpc) is 2.78. The molecule has 3 rings (SSSR count). The zero-order chi connectivity index (χ0) is 13.9. The molecule has 0 unspecified atom stereocenters. The topological polar surface area (TPSA) is 53.1 Å². The van der Waals surface area contributed by atoms with Crippen molar-refractivity contribution in [3.05, 3.63) is 54.1 Å². The van der Waals surface area contributed by atoms with Gasteiger partial charge in [-0.2, -0.15) is 0 Å². The van der Waals surface area contributed by atoms with Crippen LogP contribution in [0.4, 0.5) is 5.69 Å². The number of aromatic nitrogens is 2. The van der Waals surface area contributed by atoms with Crippen LogP contribution in [0.25, 0.3) is 10.9 Å². The summed E-state index contributed by atoms with van der Waals surface area (Å²) >= 11 is 0. The van der Waals surface area contributed by atoms with Gasteiger partial charge < -0.3 is 10.5 Å². The van der Waals surface area contributed by atoms with E-state index < -0.39 is 0 Å². The van der Waals surface area contributed by atoms with E-state index in [0.717, 1.165) is 16.6 Å². The predicted octanol–water partition coefficient (Wildman–Crippen LogP) is 3.07. The van der Waals surface area contributed by atoms with Gasteiger partial charge in [-0.1, -0.05) is 30.3 Å². The van der Waals surface area contributed by atoms with Gasteiger partial charge in [-0.15, -0.1) is 5.10 Å². The second kappa shape index (κ2) is 5.25. The quantitative estimate of drug-likeness (QED) is 0.739. The summed E-state index contributed by atoms with van der Waals surface area (Å²) in [4.78, 5) is 0.